The summed E-state index contributed by atoms with van der Waals surface area (Å²) < 4.78 is 26.1. The molecule has 20 heavy (non-hydrogen) atoms. The minimum absolute atomic E-state index is 0.0207. The maximum absolute atomic E-state index is 12.2. The van der Waals surface area contributed by atoms with Crippen molar-refractivity contribution >= 4 is 16.0 Å². The minimum Gasteiger partial charge on any atom is -0.481 e. The highest BCUT2D eigenvalue weighted by Gasteiger charge is 2.29. The first-order valence-corrected chi connectivity index (χ1v) is 8.91. The lowest BCUT2D eigenvalue weighted by Gasteiger charge is -2.31. The van der Waals surface area contributed by atoms with E-state index in [1.165, 1.54) is 0 Å². The van der Waals surface area contributed by atoms with Crippen molar-refractivity contribution in [2.24, 2.45) is 11.3 Å². The number of carboxylic acid groups (broad SMARTS) is 1. The van der Waals surface area contributed by atoms with E-state index in [1.807, 2.05) is 20.8 Å². The summed E-state index contributed by atoms with van der Waals surface area (Å²) in [6.45, 7) is 7.20. The third-order valence-corrected chi connectivity index (χ3v) is 5.72. The molecule has 0 atom stereocenters. The Kier molecular flexibility index (Phi) is 6.01. The normalized spacial score (nSPS) is 19.1. The molecule has 0 radical (unpaired) electrons. The Hall–Kier alpha value is -0.620. The first-order valence-electron chi connectivity index (χ1n) is 7.30. The van der Waals surface area contributed by atoms with Gasteiger partial charge in [0, 0.05) is 19.5 Å². The van der Waals surface area contributed by atoms with Gasteiger partial charge in [-0.2, -0.15) is 0 Å². The van der Waals surface area contributed by atoms with Gasteiger partial charge >= 0.3 is 5.97 Å². The van der Waals surface area contributed by atoms with Crippen LogP contribution in [-0.4, -0.2) is 42.6 Å². The number of hydrogen-bond acceptors (Lipinski definition) is 3. The van der Waals surface area contributed by atoms with Crippen LogP contribution in [0.15, 0.2) is 0 Å². The maximum atomic E-state index is 12.2. The topological polar surface area (TPSA) is 74.7 Å². The number of hydrogen-bond donors (Lipinski definition) is 1. The van der Waals surface area contributed by atoms with Gasteiger partial charge in [-0.3, -0.25) is 4.79 Å². The molecular formula is C14H27NO4S. The number of carboxylic acids is 1. The smallest absolute Gasteiger partial charge is 0.303 e. The summed E-state index contributed by atoms with van der Waals surface area (Å²) in [5, 5.41) is 8.67. The molecule has 1 N–H and O–H groups in total. The van der Waals surface area contributed by atoms with Crippen molar-refractivity contribution in [1.29, 1.82) is 0 Å². The van der Waals surface area contributed by atoms with Crippen LogP contribution in [0.5, 0.6) is 0 Å². The molecule has 1 rings (SSSR count). The molecule has 0 bridgehead atoms. The zero-order valence-electron chi connectivity index (χ0n) is 12.8. The molecule has 5 nitrogen and oxygen atoms in total. The number of piperidine rings is 1. The fraction of sp³-hybridized carbons (Fsp3) is 0.929. The van der Waals surface area contributed by atoms with Crippen LogP contribution in [-0.2, 0) is 14.8 Å². The summed E-state index contributed by atoms with van der Waals surface area (Å²) in [6.07, 6.45) is 3.06. The summed E-state index contributed by atoms with van der Waals surface area (Å²) >= 11 is 0. The van der Waals surface area contributed by atoms with Gasteiger partial charge < -0.3 is 5.11 Å². The predicted octanol–water partition coefficient (Wildman–Crippen LogP) is 2.33. The van der Waals surface area contributed by atoms with Crippen molar-refractivity contribution in [3.8, 4) is 0 Å². The van der Waals surface area contributed by atoms with Crippen molar-refractivity contribution in [3.63, 3.8) is 0 Å². The number of aliphatic carboxylic acids is 1. The third kappa shape index (κ3) is 6.22. The van der Waals surface area contributed by atoms with Gasteiger partial charge in [0.15, 0.2) is 0 Å². The molecule has 0 aromatic heterocycles. The second kappa shape index (κ2) is 6.89. The van der Waals surface area contributed by atoms with Crippen LogP contribution in [0.25, 0.3) is 0 Å². The average Bonchev–Trinajstić information content (AvgIpc) is 2.34. The van der Waals surface area contributed by atoms with Gasteiger partial charge in [0.25, 0.3) is 0 Å². The van der Waals surface area contributed by atoms with E-state index in [9.17, 15) is 13.2 Å². The van der Waals surface area contributed by atoms with E-state index in [4.69, 9.17) is 5.11 Å². The molecule has 118 valence electrons. The van der Waals surface area contributed by atoms with Gasteiger partial charge in [0.05, 0.1) is 5.75 Å². The highest BCUT2D eigenvalue weighted by Crippen LogP contribution is 2.26. The minimum atomic E-state index is -3.15. The van der Waals surface area contributed by atoms with Crippen LogP contribution in [0.2, 0.25) is 0 Å². The second-order valence-electron chi connectivity index (χ2n) is 6.90. The molecule has 0 aromatic carbocycles. The molecule has 0 amide bonds. The Bertz CT molecular complexity index is 417. The standard InChI is InChI=1S/C14H27NO4S/c1-14(2,3)8-11-20(18,19)15-9-6-12(7-10-15)4-5-13(16)17/h12H,4-11H2,1-3H3,(H,16,17). The van der Waals surface area contributed by atoms with E-state index in [-0.39, 0.29) is 17.6 Å². The van der Waals surface area contributed by atoms with Gasteiger partial charge in [-0.25, -0.2) is 12.7 Å². The molecule has 0 unspecified atom stereocenters. The molecule has 0 aromatic rings. The number of rotatable bonds is 6. The zero-order chi connectivity index (χ0) is 15.4. The molecule has 1 heterocycles. The molecule has 1 aliphatic rings. The van der Waals surface area contributed by atoms with E-state index in [0.717, 1.165) is 12.8 Å². The van der Waals surface area contributed by atoms with Crippen LogP contribution in [0.1, 0.15) is 52.9 Å². The lowest BCUT2D eigenvalue weighted by Crippen LogP contribution is -2.40. The van der Waals surface area contributed by atoms with Crippen LogP contribution >= 0.6 is 0 Å². The van der Waals surface area contributed by atoms with Crippen molar-refractivity contribution in [2.75, 3.05) is 18.8 Å². The Morgan fingerprint density at radius 1 is 1.25 bits per heavy atom. The van der Waals surface area contributed by atoms with Gasteiger partial charge in [0.2, 0.25) is 10.0 Å². The molecule has 1 saturated heterocycles. The Balaban J connectivity index is 2.42. The summed E-state index contributed by atoms with van der Waals surface area (Å²) in [5.41, 5.74) is 0.0207. The van der Waals surface area contributed by atoms with Crippen molar-refractivity contribution in [1.82, 2.24) is 4.31 Å². The Morgan fingerprint density at radius 2 is 1.80 bits per heavy atom. The monoisotopic (exact) mass is 305 g/mol. The Labute approximate surface area is 122 Å². The summed E-state index contributed by atoms with van der Waals surface area (Å²) in [6, 6.07) is 0. The quantitative estimate of drug-likeness (QED) is 0.817. The van der Waals surface area contributed by atoms with Crippen molar-refractivity contribution in [3.05, 3.63) is 0 Å². The summed E-state index contributed by atoms with van der Waals surface area (Å²) in [4.78, 5) is 10.5. The molecule has 1 aliphatic heterocycles. The predicted molar refractivity (Wildman–Crippen MR) is 79.0 cm³/mol. The van der Waals surface area contributed by atoms with Gasteiger partial charge in [-0.15, -0.1) is 0 Å². The Morgan fingerprint density at radius 3 is 2.25 bits per heavy atom. The lowest BCUT2D eigenvalue weighted by atomic mass is 9.93. The number of carbonyl (C=O) groups is 1. The summed E-state index contributed by atoms with van der Waals surface area (Å²) in [5.74, 6) is -0.221. The summed E-state index contributed by atoms with van der Waals surface area (Å²) in [7, 11) is -3.15. The third-order valence-electron chi connectivity index (χ3n) is 3.84. The first kappa shape index (κ1) is 17.4. The molecule has 0 saturated carbocycles. The second-order valence-corrected chi connectivity index (χ2v) is 8.99. The van der Waals surface area contributed by atoms with Gasteiger partial charge in [-0.1, -0.05) is 20.8 Å². The highest BCUT2D eigenvalue weighted by molar-refractivity contribution is 7.89. The average molecular weight is 305 g/mol. The molecule has 1 fully saturated rings. The number of nitrogens with zero attached hydrogens (tertiary/aromatic N) is 1. The molecule has 0 aliphatic carbocycles. The van der Waals surface area contributed by atoms with Crippen LogP contribution in [0.4, 0.5) is 0 Å². The van der Waals surface area contributed by atoms with E-state index in [1.54, 1.807) is 4.31 Å². The fourth-order valence-electron chi connectivity index (χ4n) is 2.37. The molecule has 0 spiro atoms. The van der Waals surface area contributed by atoms with E-state index in [0.29, 0.717) is 31.8 Å². The zero-order valence-corrected chi connectivity index (χ0v) is 13.6. The fourth-order valence-corrected chi connectivity index (χ4v) is 4.26. The lowest BCUT2D eigenvalue weighted by molar-refractivity contribution is -0.137. The van der Waals surface area contributed by atoms with E-state index in [2.05, 4.69) is 0 Å². The van der Waals surface area contributed by atoms with Crippen LogP contribution < -0.4 is 0 Å². The van der Waals surface area contributed by atoms with Crippen LogP contribution in [0, 0.1) is 11.3 Å². The van der Waals surface area contributed by atoms with E-state index >= 15 is 0 Å². The largest absolute Gasteiger partial charge is 0.481 e. The van der Waals surface area contributed by atoms with Crippen LogP contribution in [0.3, 0.4) is 0 Å². The maximum Gasteiger partial charge on any atom is 0.303 e. The molecule has 6 heteroatoms. The van der Waals surface area contributed by atoms with Crippen molar-refractivity contribution < 1.29 is 18.3 Å². The highest BCUT2D eigenvalue weighted by atomic mass is 32.2. The SMILES string of the molecule is CC(C)(C)CCS(=O)(=O)N1CCC(CCC(=O)O)CC1. The van der Waals surface area contributed by atoms with Gasteiger partial charge in [-0.05, 0) is 37.0 Å². The van der Waals surface area contributed by atoms with Crippen molar-refractivity contribution in [2.45, 2.75) is 52.9 Å². The van der Waals surface area contributed by atoms with E-state index < -0.39 is 16.0 Å². The molecular weight excluding hydrogens is 278 g/mol. The van der Waals surface area contributed by atoms with Gasteiger partial charge in [0.1, 0.15) is 0 Å². The first-order chi connectivity index (χ1) is 9.10. The number of sulfonamides is 1.